The van der Waals surface area contributed by atoms with Gasteiger partial charge in [-0.2, -0.15) is 0 Å². The largest absolute Gasteiger partial charge is 0.503 e. The molecule has 1 aliphatic rings. The van der Waals surface area contributed by atoms with Crippen molar-refractivity contribution in [3.8, 4) is 5.75 Å². The number of nitro groups is 1. The summed E-state index contributed by atoms with van der Waals surface area (Å²) in [5.74, 6) is -1.03. The number of methoxy groups -OCH3 is 1. The molecule has 0 radical (unpaired) electrons. The number of aliphatic hydroxyl groups excluding tert-OH is 1. The fraction of sp³-hybridized carbons (Fsp3) is 0.172. The molecule has 38 heavy (non-hydrogen) atoms. The third kappa shape index (κ3) is 4.61. The number of nitrogens with one attached hydrogen (secondary N) is 1. The Bertz CT molecular complexity index is 1570. The molecule has 0 aliphatic carbocycles. The summed E-state index contributed by atoms with van der Waals surface area (Å²) in [4.78, 5) is 42.3. The molecule has 1 amide bonds. The van der Waals surface area contributed by atoms with Crippen molar-refractivity contribution < 1.29 is 24.4 Å². The summed E-state index contributed by atoms with van der Waals surface area (Å²) in [6.45, 7) is 0.169. The van der Waals surface area contributed by atoms with E-state index in [0.29, 0.717) is 17.7 Å². The number of H-pyrrole nitrogens is 1. The number of aromatic amines is 1. The van der Waals surface area contributed by atoms with E-state index in [1.165, 1.54) is 23.1 Å². The molecule has 0 fully saturated rings. The normalized spacial score (nSPS) is 15.3. The van der Waals surface area contributed by atoms with Crippen LogP contribution in [0, 0.1) is 10.1 Å². The first-order valence-corrected chi connectivity index (χ1v) is 12.1. The third-order valence-corrected chi connectivity index (χ3v) is 6.80. The molecule has 1 aliphatic heterocycles. The van der Waals surface area contributed by atoms with Gasteiger partial charge in [0.15, 0.2) is 11.5 Å². The lowest BCUT2D eigenvalue weighted by Crippen LogP contribution is -2.33. The summed E-state index contributed by atoms with van der Waals surface area (Å²) in [6.07, 6.45) is 2.24. The molecule has 2 heterocycles. The number of hydrogen-bond donors (Lipinski definition) is 2. The smallest absolute Gasteiger partial charge is 0.290 e. The number of nitro benzene ring substituents is 1. The first-order valence-electron chi connectivity index (χ1n) is 12.1. The minimum Gasteiger partial charge on any atom is -0.503 e. The number of fused-ring (bicyclic) bond motifs is 1. The van der Waals surface area contributed by atoms with E-state index in [-0.39, 0.29) is 24.2 Å². The van der Waals surface area contributed by atoms with Gasteiger partial charge in [0.25, 0.3) is 11.6 Å². The van der Waals surface area contributed by atoms with Crippen molar-refractivity contribution in [3.63, 3.8) is 0 Å². The summed E-state index contributed by atoms with van der Waals surface area (Å²) in [6, 6.07) is 19.5. The lowest BCUT2D eigenvalue weighted by molar-refractivity contribution is -0.384. The highest BCUT2D eigenvalue weighted by Crippen LogP contribution is 2.39. The van der Waals surface area contributed by atoms with Crippen LogP contribution in [0.2, 0.25) is 0 Å². The van der Waals surface area contributed by atoms with Gasteiger partial charge in [-0.1, -0.05) is 42.5 Å². The van der Waals surface area contributed by atoms with Gasteiger partial charge in [0.1, 0.15) is 5.75 Å². The molecule has 3 aromatic carbocycles. The number of Topliss-reactive ketones (excluding diaryl/α,β-unsaturated/α-hetero) is 1. The molecule has 1 aromatic heterocycles. The molecule has 0 saturated carbocycles. The van der Waals surface area contributed by atoms with Crippen molar-refractivity contribution >= 4 is 28.3 Å². The summed E-state index contributed by atoms with van der Waals surface area (Å²) in [7, 11) is 1.59. The second-order valence-electron chi connectivity index (χ2n) is 9.08. The number of non-ortho nitro benzene ring substituents is 1. The molecule has 9 heteroatoms. The van der Waals surface area contributed by atoms with Crippen molar-refractivity contribution in [2.75, 3.05) is 13.7 Å². The van der Waals surface area contributed by atoms with Crippen molar-refractivity contribution in [2.45, 2.75) is 18.9 Å². The van der Waals surface area contributed by atoms with Crippen molar-refractivity contribution in [1.82, 2.24) is 9.88 Å². The van der Waals surface area contributed by atoms with Crippen LogP contribution in [0.4, 0.5) is 5.69 Å². The Kier molecular flexibility index (Phi) is 6.66. The molecule has 192 valence electrons. The molecule has 0 saturated heterocycles. The predicted molar refractivity (Wildman–Crippen MR) is 141 cm³/mol. The molecule has 5 rings (SSSR count). The van der Waals surface area contributed by atoms with Crippen LogP contribution >= 0.6 is 0 Å². The van der Waals surface area contributed by atoms with Crippen molar-refractivity contribution in [3.05, 3.63) is 117 Å². The lowest BCUT2D eigenvalue weighted by Gasteiger charge is -2.27. The number of benzene rings is 3. The number of hydrogen-bond acceptors (Lipinski definition) is 6. The van der Waals surface area contributed by atoms with Crippen LogP contribution in [0.25, 0.3) is 10.9 Å². The summed E-state index contributed by atoms with van der Waals surface area (Å²) < 4.78 is 5.34. The number of nitrogens with zero attached hydrogens (tertiary/aromatic N) is 2. The Morgan fingerprint density at radius 2 is 1.89 bits per heavy atom. The number of carbonyl (C=O) groups excluding carboxylic acids is 2. The van der Waals surface area contributed by atoms with Gasteiger partial charge in [0.05, 0.1) is 23.6 Å². The zero-order valence-electron chi connectivity index (χ0n) is 20.6. The van der Waals surface area contributed by atoms with Gasteiger partial charge in [-0.3, -0.25) is 19.7 Å². The number of aromatic nitrogens is 1. The standard InChI is InChI=1S/C29H25N3O6/c1-38-22-10-11-24-23(16-22)20(17-30-24)12-13-31-27(19-8-5-9-21(15-19)32(36)37)26(28(34)29(31)35)25(33)14-18-6-3-2-4-7-18/h2-11,15-17,27,30,34H,12-14H2,1H3/t27-/m1/s1. The van der Waals surface area contributed by atoms with E-state index in [1.54, 1.807) is 37.4 Å². The molecule has 0 spiro atoms. The van der Waals surface area contributed by atoms with Crippen molar-refractivity contribution in [2.24, 2.45) is 0 Å². The molecule has 0 unspecified atom stereocenters. The van der Waals surface area contributed by atoms with E-state index in [9.17, 15) is 24.8 Å². The summed E-state index contributed by atoms with van der Waals surface area (Å²) >= 11 is 0. The number of rotatable bonds is 9. The average Bonchev–Trinajstić information content (AvgIpc) is 3.45. The van der Waals surface area contributed by atoms with Crippen LogP contribution in [0.5, 0.6) is 5.75 Å². The van der Waals surface area contributed by atoms with Gasteiger partial charge in [-0.15, -0.1) is 0 Å². The molecule has 4 aromatic rings. The number of aliphatic hydroxyl groups is 1. The van der Waals surface area contributed by atoms with Gasteiger partial charge in [0, 0.05) is 42.2 Å². The Balaban J connectivity index is 1.50. The number of ether oxygens (including phenoxy) is 1. The van der Waals surface area contributed by atoms with Gasteiger partial charge < -0.3 is 19.7 Å². The van der Waals surface area contributed by atoms with Gasteiger partial charge >= 0.3 is 0 Å². The maximum atomic E-state index is 13.4. The molecular formula is C29H25N3O6. The number of amides is 1. The van der Waals surface area contributed by atoms with Gasteiger partial charge in [-0.25, -0.2) is 0 Å². The van der Waals surface area contributed by atoms with E-state index in [0.717, 1.165) is 22.0 Å². The highest BCUT2D eigenvalue weighted by Gasteiger charge is 2.43. The maximum absolute atomic E-state index is 13.4. The van der Waals surface area contributed by atoms with E-state index < -0.39 is 28.4 Å². The van der Waals surface area contributed by atoms with Crippen LogP contribution in [-0.4, -0.2) is 45.3 Å². The third-order valence-electron chi connectivity index (χ3n) is 6.80. The Morgan fingerprint density at radius 1 is 1.11 bits per heavy atom. The summed E-state index contributed by atoms with van der Waals surface area (Å²) in [5.41, 5.74) is 2.72. The first-order chi connectivity index (χ1) is 18.4. The van der Waals surface area contributed by atoms with E-state index in [4.69, 9.17) is 4.74 Å². The molecule has 9 nitrogen and oxygen atoms in total. The van der Waals surface area contributed by atoms with Crippen LogP contribution in [0.3, 0.4) is 0 Å². The molecule has 0 bridgehead atoms. The van der Waals surface area contributed by atoms with Gasteiger partial charge in [0.2, 0.25) is 0 Å². The second kappa shape index (κ2) is 10.2. The Morgan fingerprint density at radius 3 is 2.63 bits per heavy atom. The van der Waals surface area contributed by atoms with Crippen molar-refractivity contribution in [1.29, 1.82) is 0 Å². The van der Waals surface area contributed by atoms with E-state index >= 15 is 0 Å². The lowest BCUT2D eigenvalue weighted by atomic mass is 9.92. The fourth-order valence-electron chi connectivity index (χ4n) is 4.93. The molecule has 1 atom stereocenters. The highest BCUT2D eigenvalue weighted by atomic mass is 16.6. The first kappa shape index (κ1) is 24.8. The molecular weight excluding hydrogens is 486 g/mol. The molecule has 2 N–H and O–H groups in total. The average molecular weight is 512 g/mol. The topological polar surface area (TPSA) is 126 Å². The SMILES string of the molecule is COc1ccc2[nH]cc(CCN3C(=O)C(O)=C(C(=O)Cc4ccccc4)[C@H]3c3cccc([N+](=O)[O-])c3)c2c1. The predicted octanol–water partition coefficient (Wildman–Crippen LogP) is 4.83. The minimum absolute atomic E-state index is 0.0188. The van der Waals surface area contributed by atoms with Crippen LogP contribution in [0.1, 0.15) is 22.7 Å². The maximum Gasteiger partial charge on any atom is 0.290 e. The number of carbonyl (C=O) groups is 2. The number of ketones is 1. The van der Waals surface area contributed by atoms with Crippen LogP contribution in [-0.2, 0) is 22.4 Å². The van der Waals surface area contributed by atoms with E-state index in [2.05, 4.69) is 4.98 Å². The van der Waals surface area contributed by atoms with Crippen LogP contribution < -0.4 is 4.74 Å². The Hall–Kier alpha value is -4.92. The van der Waals surface area contributed by atoms with E-state index in [1.807, 2.05) is 30.5 Å². The highest BCUT2D eigenvalue weighted by molar-refractivity contribution is 6.09. The monoisotopic (exact) mass is 511 g/mol. The van der Waals surface area contributed by atoms with Gasteiger partial charge in [-0.05, 0) is 41.3 Å². The fourth-order valence-corrected chi connectivity index (χ4v) is 4.93. The quantitative estimate of drug-likeness (QED) is 0.245. The minimum atomic E-state index is -0.960. The van der Waals surface area contributed by atoms with Crippen LogP contribution in [0.15, 0.2) is 90.3 Å². The zero-order valence-corrected chi connectivity index (χ0v) is 20.6. The summed E-state index contributed by atoms with van der Waals surface area (Å²) in [5, 5.41) is 23.3. The zero-order chi connectivity index (χ0) is 26.8. The second-order valence-corrected chi connectivity index (χ2v) is 9.08. The Labute approximate surface area is 218 Å².